The molecule has 6 heteroatoms. The van der Waals surface area contributed by atoms with Crippen LogP contribution in [0.1, 0.15) is 29.8 Å². The first kappa shape index (κ1) is 17.2. The first-order valence-electron chi connectivity index (χ1n) is 6.82. The molecule has 3 nitrogen and oxygen atoms in total. The van der Waals surface area contributed by atoms with E-state index in [1.54, 1.807) is 26.0 Å². The van der Waals surface area contributed by atoms with Gasteiger partial charge in [-0.1, -0.05) is 41.9 Å². The second-order valence-electron chi connectivity index (χ2n) is 5.29. The summed E-state index contributed by atoms with van der Waals surface area (Å²) in [5, 5.41) is 0. The van der Waals surface area contributed by atoms with Crippen molar-refractivity contribution >= 4 is 17.6 Å². The number of carbonyl (C=O) groups is 1. The third-order valence-electron chi connectivity index (χ3n) is 3.26. The molecular formula is C17H15ClF2O3. The van der Waals surface area contributed by atoms with Crippen LogP contribution < -0.4 is 4.74 Å². The Bertz CT molecular complexity index is 702. The van der Waals surface area contributed by atoms with E-state index in [2.05, 4.69) is 0 Å². The summed E-state index contributed by atoms with van der Waals surface area (Å²) in [6, 6.07) is 10.5. The number of esters is 1. The zero-order chi connectivity index (χ0) is 17.0. The lowest BCUT2D eigenvalue weighted by Crippen LogP contribution is -2.25. The Morgan fingerprint density at radius 1 is 1.17 bits per heavy atom. The van der Waals surface area contributed by atoms with Gasteiger partial charge in [-0.15, -0.1) is 0 Å². The largest absolute Gasteiger partial charge is 0.475 e. The average Bonchev–Trinajstić information content (AvgIpc) is 2.52. The molecule has 0 aliphatic rings. The first-order chi connectivity index (χ1) is 10.8. The van der Waals surface area contributed by atoms with E-state index in [0.29, 0.717) is 0 Å². The van der Waals surface area contributed by atoms with E-state index >= 15 is 0 Å². The highest BCUT2D eigenvalue weighted by atomic mass is 35.5. The Morgan fingerprint density at radius 2 is 1.83 bits per heavy atom. The summed E-state index contributed by atoms with van der Waals surface area (Å²) < 4.78 is 37.3. The Labute approximate surface area is 137 Å². The lowest BCUT2D eigenvalue weighted by Gasteiger charge is -2.25. The van der Waals surface area contributed by atoms with Crippen molar-refractivity contribution in [1.82, 2.24) is 0 Å². The molecule has 0 N–H and O–H groups in total. The first-order valence-corrected chi connectivity index (χ1v) is 7.35. The molecule has 0 bridgehead atoms. The summed E-state index contributed by atoms with van der Waals surface area (Å²) in [6.45, 7) is 3.41. The quantitative estimate of drug-likeness (QED) is 0.588. The van der Waals surface area contributed by atoms with Crippen LogP contribution in [0.2, 0.25) is 0 Å². The Kier molecular flexibility index (Phi) is 5.21. The van der Waals surface area contributed by atoms with E-state index in [0.717, 1.165) is 17.7 Å². The molecule has 0 spiro atoms. The summed E-state index contributed by atoms with van der Waals surface area (Å²) in [6.07, 6.45) is 0. The predicted molar refractivity (Wildman–Crippen MR) is 82.6 cm³/mol. The molecule has 122 valence electrons. The highest BCUT2D eigenvalue weighted by Crippen LogP contribution is 2.28. The molecule has 0 atom stereocenters. The van der Waals surface area contributed by atoms with Gasteiger partial charge in [0.15, 0.2) is 17.6 Å². The molecule has 2 rings (SSSR count). The van der Waals surface area contributed by atoms with Gasteiger partial charge in [0.2, 0.25) is 5.82 Å². The Morgan fingerprint density at radius 3 is 2.43 bits per heavy atom. The van der Waals surface area contributed by atoms with Crippen molar-refractivity contribution in [2.45, 2.75) is 19.4 Å². The zero-order valence-corrected chi connectivity index (χ0v) is 13.4. The van der Waals surface area contributed by atoms with Gasteiger partial charge in [-0.3, -0.25) is 0 Å². The molecular weight excluding hydrogens is 326 g/mol. The van der Waals surface area contributed by atoms with Gasteiger partial charge in [0.1, 0.15) is 5.60 Å². The van der Waals surface area contributed by atoms with Gasteiger partial charge in [-0.25, -0.2) is 9.18 Å². The smallest absolute Gasteiger partial charge is 0.339 e. The molecule has 0 unspecified atom stereocenters. The van der Waals surface area contributed by atoms with Crippen molar-refractivity contribution in [1.29, 1.82) is 0 Å². The monoisotopic (exact) mass is 340 g/mol. The van der Waals surface area contributed by atoms with Crippen LogP contribution in [-0.4, -0.2) is 12.0 Å². The number of ether oxygens (including phenoxy) is 2. The fourth-order valence-corrected chi connectivity index (χ4v) is 2.15. The van der Waals surface area contributed by atoms with Gasteiger partial charge >= 0.3 is 5.97 Å². The van der Waals surface area contributed by atoms with Crippen LogP contribution in [0, 0.1) is 11.6 Å². The zero-order valence-electron chi connectivity index (χ0n) is 12.6. The maximum absolute atomic E-state index is 13.6. The summed E-state index contributed by atoms with van der Waals surface area (Å²) in [7, 11) is 0. The molecule has 0 radical (unpaired) electrons. The van der Waals surface area contributed by atoms with E-state index in [9.17, 15) is 13.6 Å². The molecule has 0 saturated heterocycles. The van der Waals surface area contributed by atoms with Crippen LogP contribution in [0.4, 0.5) is 8.78 Å². The van der Waals surface area contributed by atoms with Gasteiger partial charge < -0.3 is 9.47 Å². The van der Waals surface area contributed by atoms with Crippen LogP contribution in [0.25, 0.3) is 0 Å². The number of hydrogen-bond donors (Lipinski definition) is 0. The molecule has 0 amide bonds. The summed E-state index contributed by atoms with van der Waals surface area (Å²) in [4.78, 5) is 12.3. The molecule has 0 aromatic heterocycles. The number of rotatable bonds is 5. The second-order valence-corrected chi connectivity index (χ2v) is 5.51. The van der Waals surface area contributed by atoms with Crippen molar-refractivity contribution in [2.75, 3.05) is 6.07 Å². The van der Waals surface area contributed by atoms with Gasteiger partial charge in [0.05, 0.1) is 5.56 Å². The summed E-state index contributed by atoms with van der Waals surface area (Å²) in [5.41, 5.74) is -0.322. The molecule has 0 aliphatic heterocycles. The molecule has 2 aromatic rings. The standard InChI is InChI=1S/C17H15ClF2O3/c1-17(2,12-6-4-3-5-7-12)23-16(21)11-8-13(19)15(20)14(9-11)22-10-18/h3-9H,10H2,1-2H3. The minimum Gasteiger partial charge on any atom is -0.475 e. The maximum atomic E-state index is 13.6. The Balaban J connectivity index is 2.27. The van der Waals surface area contributed by atoms with Crippen LogP contribution in [-0.2, 0) is 10.3 Å². The normalized spacial score (nSPS) is 11.2. The van der Waals surface area contributed by atoms with E-state index in [-0.39, 0.29) is 11.6 Å². The van der Waals surface area contributed by atoms with Gasteiger partial charge in [0, 0.05) is 0 Å². The third kappa shape index (κ3) is 3.99. The van der Waals surface area contributed by atoms with Crippen molar-refractivity contribution in [3.05, 3.63) is 65.2 Å². The van der Waals surface area contributed by atoms with Gasteiger partial charge in [-0.2, -0.15) is 4.39 Å². The number of hydrogen-bond acceptors (Lipinski definition) is 3. The van der Waals surface area contributed by atoms with E-state index in [4.69, 9.17) is 21.1 Å². The molecule has 0 fully saturated rings. The van der Waals surface area contributed by atoms with E-state index < -0.39 is 29.0 Å². The summed E-state index contributed by atoms with van der Waals surface area (Å²) in [5.74, 6) is -3.65. The minimum absolute atomic E-state index is 0.159. The van der Waals surface area contributed by atoms with Gasteiger partial charge in [-0.05, 0) is 31.5 Å². The molecule has 0 saturated carbocycles. The van der Waals surface area contributed by atoms with Crippen molar-refractivity contribution < 1.29 is 23.0 Å². The summed E-state index contributed by atoms with van der Waals surface area (Å²) >= 11 is 5.35. The van der Waals surface area contributed by atoms with Crippen LogP contribution >= 0.6 is 11.6 Å². The lowest BCUT2D eigenvalue weighted by molar-refractivity contribution is -0.00322. The average molecular weight is 341 g/mol. The predicted octanol–water partition coefficient (Wildman–Crippen LogP) is 4.63. The van der Waals surface area contributed by atoms with Crippen LogP contribution in [0.3, 0.4) is 0 Å². The number of carbonyl (C=O) groups excluding carboxylic acids is 1. The highest BCUT2D eigenvalue weighted by Gasteiger charge is 2.27. The minimum atomic E-state index is -1.21. The lowest BCUT2D eigenvalue weighted by atomic mass is 9.98. The molecule has 0 aliphatic carbocycles. The SMILES string of the molecule is CC(C)(OC(=O)c1cc(F)c(F)c(OCCl)c1)c1ccccc1. The van der Waals surface area contributed by atoms with Crippen LogP contribution in [0.15, 0.2) is 42.5 Å². The molecule has 23 heavy (non-hydrogen) atoms. The molecule has 2 aromatic carbocycles. The maximum Gasteiger partial charge on any atom is 0.339 e. The van der Waals surface area contributed by atoms with Crippen molar-refractivity contribution in [3.8, 4) is 5.75 Å². The van der Waals surface area contributed by atoms with Crippen LogP contribution in [0.5, 0.6) is 5.75 Å². The van der Waals surface area contributed by atoms with E-state index in [1.807, 2.05) is 18.2 Å². The number of benzene rings is 2. The number of halogens is 3. The van der Waals surface area contributed by atoms with Crippen molar-refractivity contribution in [3.63, 3.8) is 0 Å². The van der Waals surface area contributed by atoms with Gasteiger partial charge in [0.25, 0.3) is 0 Å². The number of alkyl halides is 1. The second kappa shape index (κ2) is 6.96. The van der Waals surface area contributed by atoms with Crippen molar-refractivity contribution in [2.24, 2.45) is 0 Å². The highest BCUT2D eigenvalue weighted by molar-refractivity contribution is 6.17. The Hall–Kier alpha value is -2.14. The molecule has 0 heterocycles. The fourth-order valence-electron chi connectivity index (χ4n) is 2.03. The van der Waals surface area contributed by atoms with E-state index in [1.165, 1.54) is 0 Å². The topological polar surface area (TPSA) is 35.5 Å². The fraction of sp³-hybridized carbons (Fsp3) is 0.235. The third-order valence-corrected chi connectivity index (χ3v) is 3.37.